The van der Waals surface area contributed by atoms with Gasteiger partial charge in [0.25, 0.3) is 0 Å². The van der Waals surface area contributed by atoms with E-state index in [0.29, 0.717) is 5.75 Å². The monoisotopic (exact) mass is 383 g/mol. The smallest absolute Gasteiger partial charge is 0.237 e. The van der Waals surface area contributed by atoms with Crippen molar-refractivity contribution in [2.45, 2.75) is 38.1 Å². The molecule has 1 amide bonds. The van der Waals surface area contributed by atoms with Crippen molar-refractivity contribution in [3.05, 3.63) is 46.6 Å². The number of benzene rings is 1. The molecule has 1 aromatic carbocycles. The Morgan fingerprint density at radius 1 is 1.31 bits per heavy atom. The number of rotatable bonds is 4. The second kappa shape index (κ2) is 7.37. The summed E-state index contributed by atoms with van der Waals surface area (Å²) in [6.07, 6.45) is 3.07. The Morgan fingerprint density at radius 3 is 3.00 bits per heavy atom. The second-order valence-corrected chi connectivity index (χ2v) is 8.51. The van der Waals surface area contributed by atoms with Crippen LogP contribution in [0.1, 0.15) is 29.6 Å². The Labute approximate surface area is 161 Å². The van der Waals surface area contributed by atoms with Gasteiger partial charge in [0.2, 0.25) is 5.91 Å². The van der Waals surface area contributed by atoms with Crippen molar-refractivity contribution in [3.63, 3.8) is 0 Å². The summed E-state index contributed by atoms with van der Waals surface area (Å²) in [5.74, 6) is 1.31. The van der Waals surface area contributed by atoms with Crippen LogP contribution in [0.5, 0.6) is 0 Å². The predicted molar refractivity (Wildman–Crippen MR) is 109 cm³/mol. The highest BCUT2D eigenvalue weighted by molar-refractivity contribution is 8.00. The fraction of sp³-hybridized carbons (Fsp3) is 0.350. The first-order valence-electron chi connectivity index (χ1n) is 8.94. The lowest BCUT2D eigenvalue weighted by molar-refractivity contribution is -0.116. The normalized spacial score (nSPS) is 13.8. The predicted octanol–water partition coefficient (Wildman–Crippen LogP) is 4.63. The van der Waals surface area contributed by atoms with Crippen LogP contribution in [0.4, 0.5) is 5.69 Å². The topological polar surface area (TPSA) is 46.1 Å². The summed E-state index contributed by atoms with van der Waals surface area (Å²) in [4.78, 5) is 26.3. The minimum atomic E-state index is 0.150. The molecule has 1 aliphatic rings. The van der Waals surface area contributed by atoms with Crippen LogP contribution < -0.4 is 4.90 Å². The highest BCUT2D eigenvalue weighted by Gasteiger charge is 2.22. The van der Waals surface area contributed by atoms with Crippen molar-refractivity contribution in [3.8, 4) is 0 Å². The summed E-state index contributed by atoms with van der Waals surface area (Å²) in [6, 6.07) is 10.4. The molecule has 0 atom stereocenters. The molecule has 0 radical (unpaired) electrons. The van der Waals surface area contributed by atoms with Crippen molar-refractivity contribution in [1.29, 1.82) is 0 Å². The average Bonchev–Trinajstić information content (AvgIpc) is 3.08. The van der Waals surface area contributed by atoms with Crippen LogP contribution in [0.3, 0.4) is 0 Å². The number of thiophene rings is 1. The van der Waals surface area contributed by atoms with E-state index < -0.39 is 0 Å². The Hall–Kier alpha value is -1.92. The Balaban J connectivity index is 1.55. The summed E-state index contributed by atoms with van der Waals surface area (Å²) in [6.45, 7) is 4.86. The van der Waals surface area contributed by atoms with Gasteiger partial charge < -0.3 is 4.90 Å². The van der Waals surface area contributed by atoms with Gasteiger partial charge in [0.1, 0.15) is 15.7 Å². The van der Waals surface area contributed by atoms with Crippen LogP contribution >= 0.6 is 23.1 Å². The van der Waals surface area contributed by atoms with Gasteiger partial charge in [-0.1, -0.05) is 36.9 Å². The largest absolute Gasteiger partial charge is 0.311 e. The van der Waals surface area contributed by atoms with Gasteiger partial charge in [0.05, 0.1) is 5.75 Å². The molecule has 0 saturated heterocycles. The molecule has 6 heteroatoms. The zero-order valence-electron chi connectivity index (χ0n) is 15.0. The van der Waals surface area contributed by atoms with Gasteiger partial charge in [-0.2, -0.15) is 0 Å². The van der Waals surface area contributed by atoms with Crippen LogP contribution in [-0.2, 0) is 17.6 Å². The lowest BCUT2D eigenvalue weighted by Crippen LogP contribution is -2.36. The van der Waals surface area contributed by atoms with E-state index >= 15 is 0 Å². The molecular formula is C20H21N3OS2. The van der Waals surface area contributed by atoms with Gasteiger partial charge in [-0.3, -0.25) is 4.79 Å². The zero-order chi connectivity index (χ0) is 18.1. The number of hydrogen-bond acceptors (Lipinski definition) is 5. The fourth-order valence-electron chi connectivity index (χ4n) is 3.33. The van der Waals surface area contributed by atoms with E-state index in [1.165, 1.54) is 22.2 Å². The van der Waals surface area contributed by atoms with Crippen molar-refractivity contribution in [2.75, 3.05) is 17.2 Å². The summed E-state index contributed by atoms with van der Waals surface area (Å²) < 4.78 is 0. The molecule has 4 rings (SSSR count). The summed E-state index contributed by atoms with van der Waals surface area (Å²) >= 11 is 3.25. The SMILES string of the molecule is CCc1cc2c(SCC(=O)N3CCCc4ccccc43)nc(C)nc2s1. The molecule has 3 aromatic rings. The van der Waals surface area contributed by atoms with E-state index in [0.717, 1.165) is 52.6 Å². The summed E-state index contributed by atoms with van der Waals surface area (Å²) in [5, 5.41) is 2.00. The van der Waals surface area contributed by atoms with Gasteiger partial charge in [0.15, 0.2) is 0 Å². The van der Waals surface area contributed by atoms with Gasteiger partial charge >= 0.3 is 0 Å². The molecule has 1 aliphatic heterocycles. The molecule has 0 N–H and O–H groups in total. The first-order valence-corrected chi connectivity index (χ1v) is 10.7. The summed E-state index contributed by atoms with van der Waals surface area (Å²) in [7, 11) is 0. The van der Waals surface area contributed by atoms with E-state index in [9.17, 15) is 4.79 Å². The lowest BCUT2D eigenvalue weighted by atomic mass is 10.0. The second-order valence-electron chi connectivity index (χ2n) is 6.43. The van der Waals surface area contributed by atoms with E-state index in [4.69, 9.17) is 0 Å². The zero-order valence-corrected chi connectivity index (χ0v) is 16.6. The number of thioether (sulfide) groups is 1. The molecule has 2 aromatic heterocycles. The first kappa shape index (κ1) is 17.5. The van der Waals surface area contributed by atoms with Crippen molar-refractivity contribution >= 4 is 44.9 Å². The molecule has 134 valence electrons. The molecule has 0 unspecified atom stereocenters. The van der Waals surface area contributed by atoms with Crippen LogP contribution in [-0.4, -0.2) is 28.2 Å². The van der Waals surface area contributed by atoms with Crippen molar-refractivity contribution in [1.82, 2.24) is 9.97 Å². The maximum atomic E-state index is 12.9. The van der Waals surface area contributed by atoms with Crippen LogP contribution in [0.25, 0.3) is 10.2 Å². The summed E-state index contributed by atoms with van der Waals surface area (Å²) in [5.41, 5.74) is 2.33. The van der Waals surface area contributed by atoms with Gasteiger partial charge in [0, 0.05) is 22.5 Å². The van der Waals surface area contributed by atoms with Gasteiger partial charge in [-0.25, -0.2) is 9.97 Å². The number of amides is 1. The average molecular weight is 384 g/mol. The molecule has 0 bridgehead atoms. The molecule has 0 saturated carbocycles. The van der Waals surface area contributed by atoms with E-state index in [1.807, 2.05) is 24.0 Å². The highest BCUT2D eigenvalue weighted by atomic mass is 32.2. The minimum absolute atomic E-state index is 0.150. The van der Waals surface area contributed by atoms with Crippen molar-refractivity contribution in [2.24, 2.45) is 0 Å². The first-order chi connectivity index (χ1) is 12.7. The Bertz CT molecular complexity index is 967. The fourth-order valence-corrected chi connectivity index (χ4v) is 5.33. The van der Waals surface area contributed by atoms with Crippen LogP contribution in [0.15, 0.2) is 35.4 Å². The number of hydrogen-bond donors (Lipinski definition) is 0. The quantitative estimate of drug-likeness (QED) is 0.487. The van der Waals surface area contributed by atoms with Gasteiger partial charge in [-0.15, -0.1) is 11.3 Å². The third kappa shape index (κ3) is 3.35. The number of aryl methyl sites for hydroxylation is 3. The highest BCUT2D eigenvalue weighted by Crippen LogP contribution is 2.33. The van der Waals surface area contributed by atoms with Crippen LogP contribution in [0, 0.1) is 6.92 Å². The minimum Gasteiger partial charge on any atom is -0.311 e. The van der Waals surface area contributed by atoms with Crippen LogP contribution in [0.2, 0.25) is 0 Å². The molecule has 3 heterocycles. The molecule has 0 spiro atoms. The Kier molecular flexibility index (Phi) is 4.96. The van der Waals surface area contributed by atoms with Gasteiger partial charge in [-0.05, 0) is 43.9 Å². The van der Waals surface area contributed by atoms with E-state index in [-0.39, 0.29) is 5.91 Å². The standard InChI is InChI=1S/C20H21N3OS2/c1-3-15-11-16-19(21-13(2)22-20(16)26-15)25-12-18(24)23-10-6-8-14-7-4-5-9-17(14)23/h4-5,7,9,11H,3,6,8,10,12H2,1-2H3. The third-order valence-electron chi connectivity index (χ3n) is 4.61. The molecule has 26 heavy (non-hydrogen) atoms. The van der Waals surface area contributed by atoms with Crippen molar-refractivity contribution < 1.29 is 4.79 Å². The Morgan fingerprint density at radius 2 is 2.15 bits per heavy atom. The number of carbonyl (C=O) groups is 1. The molecule has 0 fully saturated rings. The van der Waals surface area contributed by atoms with E-state index in [2.05, 4.69) is 35.1 Å². The molecular weight excluding hydrogens is 362 g/mol. The molecule has 0 aliphatic carbocycles. The third-order valence-corrected chi connectivity index (χ3v) is 6.76. The maximum Gasteiger partial charge on any atom is 0.237 e. The number of aromatic nitrogens is 2. The lowest BCUT2D eigenvalue weighted by Gasteiger charge is -2.29. The number of fused-ring (bicyclic) bond motifs is 2. The molecule has 4 nitrogen and oxygen atoms in total. The van der Waals surface area contributed by atoms with E-state index in [1.54, 1.807) is 11.3 Å². The number of carbonyl (C=O) groups excluding carboxylic acids is 1. The number of para-hydroxylation sites is 1. The number of anilines is 1. The maximum absolute atomic E-state index is 12.9. The number of nitrogens with zero attached hydrogens (tertiary/aromatic N) is 3.